The SMILES string of the molecule is CCOC(=O)CNC1(c2cccnc2)C=CC(=O)N1C. The number of aromatic nitrogens is 1. The quantitative estimate of drug-likeness (QED) is 0.788. The average Bonchev–Trinajstić information content (AvgIpc) is 2.76. The third kappa shape index (κ3) is 2.55. The smallest absolute Gasteiger partial charge is 0.319 e. The maximum atomic E-state index is 11.8. The predicted molar refractivity (Wildman–Crippen MR) is 72.5 cm³/mol. The molecule has 0 aliphatic carbocycles. The first-order chi connectivity index (χ1) is 9.60. The Morgan fingerprint density at radius 1 is 1.55 bits per heavy atom. The highest BCUT2D eigenvalue weighted by molar-refractivity contribution is 5.91. The maximum Gasteiger partial charge on any atom is 0.319 e. The van der Waals surface area contributed by atoms with Gasteiger partial charge in [0, 0.05) is 31.1 Å². The van der Waals surface area contributed by atoms with Crippen molar-refractivity contribution in [2.75, 3.05) is 20.2 Å². The van der Waals surface area contributed by atoms with Gasteiger partial charge >= 0.3 is 5.97 Å². The highest BCUT2D eigenvalue weighted by atomic mass is 16.5. The number of likely N-dealkylation sites (N-methyl/N-ethyl adjacent to an activating group) is 1. The van der Waals surface area contributed by atoms with Gasteiger partial charge in [0.15, 0.2) is 0 Å². The third-order valence-corrected chi connectivity index (χ3v) is 3.24. The molecule has 1 aliphatic rings. The van der Waals surface area contributed by atoms with Crippen LogP contribution in [0, 0.1) is 0 Å². The van der Waals surface area contributed by atoms with Crippen LogP contribution in [0.4, 0.5) is 0 Å². The van der Waals surface area contributed by atoms with E-state index in [-0.39, 0.29) is 18.4 Å². The fourth-order valence-corrected chi connectivity index (χ4v) is 2.17. The molecule has 0 spiro atoms. The summed E-state index contributed by atoms with van der Waals surface area (Å²) >= 11 is 0. The van der Waals surface area contributed by atoms with Crippen molar-refractivity contribution in [3.05, 3.63) is 42.2 Å². The fourth-order valence-electron chi connectivity index (χ4n) is 2.17. The first-order valence-corrected chi connectivity index (χ1v) is 6.38. The van der Waals surface area contributed by atoms with Crippen LogP contribution in [0.3, 0.4) is 0 Å². The number of amides is 1. The molecule has 6 heteroatoms. The fraction of sp³-hybridized carbons (Fsp3) is 0.357. The minimum atomic E-state index is -0.863. The molecule has 1 aromatic heterocycles. The number of carbonyl (C=O) groups is 2. The number of ether oxygens (including phenoxy) is 1. The van der Waals surface area contributed by atoms with Crippen LogP contribution >= 0.6 is 0 Å². The topological polar surface area (TPSA) is 71.5 Å². The summed E-state index contributed by atoms with van der Waals surface area (Å²) in [6.45, 7) is 2.08. The first kappa shape index (κ1) is 14.2. The van der Waals surface area contributed by atoms with Gasteiger partial charge in [-0.15, -0.1) is 0 Å². The van der Waals surface area contributed by atoms with Crippen molar-refractivity contribution in [3.63, 3.8) is 0 Å². The third-order valence-electron chi connectivity index (χ3n) is 3.24. The van der Waals surface area contributed by atoms with Gasteiger partial charge in [-0.3, -0.25) is 19.9 Å². The van der Waals surface area contributed by atoms with E-state index in [1.54, 1.807) is 38.5 Å². The second kappa shape index (κ2) is 5.83. The second-order valence-electron chi connectivity index (χ2n) is 4.40. The molecule has 1 atom stereocenters. The van der Waals surface area contributed by atoms with Crippen molar-refractivity contribution in [1.82, 2.24) is 15.2 Å². The Kier molecular flexibility index (Phi) is 4.14. The summed E-state index contributed by atoms with van der Waals surface area (Å²) in [6, 6.07) is 3.64. The monoisotopic (exact) mass is 275 g/mol. The zero-order valence-electron chi connectivity index (χ0n) is 11.5. The Hall–Kier alpha value is -2.21. The zero-order chi connectivity index (χ0) is 14.6. The van der Waals surface area contributed by atoms with Crippen LogP contribution in [0.5, 0.6) is 0 Å². The van der Waals surface area contributed by atoms with E-state index in [0.29, 0.717) is 6.61 Å². The van der Waals surface area contributed by atoms with Crippen molar-refractivity contribution >= 4 is 11.9 Å². The second-order valence-corrected chi connectivity index (χ2v) is 4.40. The van der Waals surface area contributed by atoms with E-state index in [0.717, 1.165) is 5.56 Å². The highest BCUT2D eigenvalue weighted by Gasteiger charge is 2.40. The molecule has 20 heavy (non-hydrogen) atoms. The van der Waals surface area contributed by atoms with Crippen LogP contribution in [0.15, 0.2) is 36.7 Å². The van der Waals surface area contributed by atoms with Crippen molar-refractivity contribution in [2.24, 2.45) is 0 Å². The maximum absolute atomic E-state index is 11.8. The number of hydrogen-bond donors (Lipinski definition) is 1. The highest BCUT2D eigenvalue weighted by Crippen LogP contribution is 2.30. The molecule has 0 fully saturated rings. The Morgan fingerprint density at radius 2 is 2.35 bits per heavy atom. The molecule has 1 amide bonds. The van der Waals surface area contributed by atoms with Gasteiger partial charge in [0.25, 0.3) is 0 Å². The molecule has 1 N–H and O–H groups in total. The molecule has 1 aromatic rings. The summed E-state index contributed by atoms with van der Waals surface area (Å²) < 4.78 is 4.90. The van der Waals surface area contributed by atoms with Crippen molar-refractivity contribution in [1.29, 1.82) is 0 Å². The van der Waals surface area contributed by atoms with Gasteiger partial charge in [-0.1, -0.05) is 6.07 Å². The number of hydrogen-bond acceptors (Lipinski definition) is 5. The Bertz CT molecular complexity index is 530. The van der Waals surface area contributed by atoms with Crippen molar-refractivity contribution in [2.45, 2.75) is 12.6 Å². The lowest BCUT2D eigenvalue weighted by Crippen LogP contribution is -2.53. The molecule has 1 aliphatic heterocycles. The van der Waals surface area contributed by atoms with E-state index in [1.807, 2.05) is 6.07 Å². The summed E-state index contributed by atoms with van der Waals surface area (Å²) in [5.74, 6) is -0.498. The normalized spacial score (nSPS) is 21.3. The number of nitrogens with zero attached hydrogens (tertiary/aromatic N) is 2. The molecular formula is C14H17N3O3. The van der Waals surface area contributed by atoms with Crippen LogP contribution in [-0.2, 0) is 20.0 Å². The van der Waals surface area contributed by atoms with Gasteiger partial charge in [0.1, 0.15) is 5.66 Å². The van der Waals surface area contributed by atoms with Crippen molar-refractivity contribution < 1.29 is 14.3 Å². The van der Waals surface area contributed by atoms with Gasteiger partial charge in [-0.2, -0.15) is 0 Å². The summed E-state index contributed by atoms with van der Waals surface area (Å²) in [5, 5.41) is 3.08. The number of pyridine rings is 1. The number of rotatable bonds is 5. The van der Waals surface area contributed by atoms with Crippen molar-refractivity contribution in [3.8, 4) is 0 Å². The molecule has 2 rings (SSSR count). The van der Waals surface area contributed by atoms with Gasteiger partial charge < -0.3 is 9.64 Å². The van der Waals surface area contributed by atoms with E-state index in [9.17, 15) is 9.59 Å². The van der Waals surface area contributed by atoms with E-state index in [4.69, 9.17) is 4.74 Å². The van der Waals surface area contributed by atoms with E-state index in [1.165, 1.54) is 11.0 Å². The Morgan fingerprint density at radius 3 is 2.90 bits per heavy atom. The minimum absolute atomic E-state index is 0.00466. The van der Waals surface area contributed by atoms with Crippen LogP contribution in [-0.4, -0.2) is 42.0 Å². The van der Waals surface area contributed by atoms with Gasteiger partial charge in [-0.25, -0.2) is 0 Å². The largest absolute Gasteiger partial charge is 0.465 e. The lowest BCUT2D eigenvalue weighted by atomic mass is 10.0. The molecule has 1 unspecified atom stereocenters. The molecule has 0 radical (unpaired) electrons. The lowest BCUT2D eigenvalue weighted by Gasteiger charge is -2.36. The molecule has 106 valence electrons. The zero-order valence-corrected chi connectivity index (χ0v) is 11.5. The standard InChI is InChI=1S/C14H17N3O3/c1-3-20-13(19)10-16-14(7-6-12(18)17(14)2)11-5-4-8-15-9-11/h4-9,16H,3,10H2,1-2H3. The number of nitrogens with one attached hydrogen (secondary N) is 1. The van der Waals surface area contributed by atoms with Gasteiger partial charge in [-0.05, 0) is 19.1 Å². The lowest BCUT2D eigenvalue weighted by molar-refractivity contribution is -0.143. The summed E-state index contributed by atoms with van der Waals surface area (Å²) in [4.78, 5) is 28.9. The molecule has 0 saturated carbocycles. The molecule has 2 heterocycles. The Labute approximate surface area is 117 Å². The van der Waals surface area contributed by atoms with E-state index < -0.39 is 5.66 Å². The summed E-state index contributed by atoms with van der Waals surface area (Å²) in [5.41, 5.74) is -0.0770. The molecule has 0 bridgehead atoms. The summed E-state index contributed by atoms with van der Waals surface area (Å²) in [6.07, 6.45) is 6.53. The predicted octanol–water partition coefficient (Wildman–Crippen LogP) is 0.415. The summed E-state index contributed by atoms with van der Waals surface area (Å²) in [7, 11) is 1.67. The van der Waals surface area contributed by atoms with Gasteiger partial charge in [0.05, 0.1) is 13.2 Å². The van der Waals surface area contributed by atoms with Crippen LogP contribution < -0.4 is 5.32 Å². The molecule has 6 nitrogen and oxygen atoms in total. The molecule has 0 saturated heterocycles. The van der Waals surface area contributed by atoms with E-state index >= 15 is 0 Å². The Balaban J connectivity index is 2.25. The van der Waals surface area contributed by atoms with E-state index in [2.05, 4.69) is 10.3 Å². The van der Waals surface area contributed by atoms with Crippen LogP contribution in [0.1, 0.15) is 12.5 Å². The number of esters is 1. The molecular weight excluding hydrogens is 258 g/mol. The first-order valence-electron chi connectivity index (χ1n) is 6.38. The number of carbonyl (C=O) groups excluding carboxylic acids is 2. The van der Waals surface area contributed by atoms with Crippen LogP contribution in [0.2, 0.25) is 0 Å². The van der Waals surface area contributed by atoms with Crippen LogP contribution in [0.25, 0.3) is 0 Å². The van der Waals surface area contributed by atoms with Gasteiger partial charge in [0.2, 0.25) is 5.91 Å². The minimum Gasteiger partial charge on any atom is -0.465 e. The molecule has 0 aromatic carbocycles. The average molecular weight is 275 g/mol.